The molecule has 3 aliphatic rings. The van der Waals surface area contributed by atoms with Crippen molar-refractivity contribution in [2.45, 2.75) is 43.4 Å². The molecule has 1 aromatic carbocycles. The highest BCUT2D eigenvalue weighted by Gasteiger charge is 2.47. The van der Waals surface area contributed by atoms with Gasteiger partial charge < -0.3 is 5.32 Å². The molecule has 1 aromatic rings. The minimum atomic E-state index is -4.24. The zero-order valence-electron chi connectivity index (χ0n) is 9.35. The van der Waals surface area contributed by atoms with Crippen molar-refractivity contribution in [3.63, 3.8) is 0 Å². The van der Waals surface area contributed by atoms with Gasteiger partial charge in [-0.15, -0.1) is 0 Å². The Balaban J connectivity index is 1.85. The van der Waals surface area contributed by atoms with Crippen LogP contribution in [0.1, 0.15) is 36.8 Å². The third kappa shape index (κ3) is 1.75. The van der Waals surface area contributed by atoms with Crippen LogP contribution < -0.4 is 5.32 Å². The van der Waals surface area contributed by atoms with Gasteiger partial charge in [0.2, 0.25) is 0 Å². The molecule has 1 saturated carbocycles. The molecule has 17 heavy (non-hydrogen) atoms. The van der Waals surface area contributed by atoms with E-state index < -0.39 is 11.7 Å². The van der Waals surface area contributed by atoms with Crippen LogP contribution in [0.15, 0.2) is 24.3 Å². The van der Waals surface area contributed by atoms with Gasteiger partial charge in [0.05, 0.1) is 5.56 Å². The number of fused-ring (bicyclic) bond motifs is 2. The van der Waals surface area contributed by atoms with E-state index in [-0.39, 0.29) is 5.54 Å². The number of halogens is 3. The maximum Gasteiger partial charge on any atom is 0.416 e. The molecule has 4 heteroatoms. The summed E-state index contributed by atoms with van der Waals surface area (Å²) < 4.78 is 37.4. The molecule has 2 heterocycles. The van der Waals surface area contributed by atoms with Gasteiger partial charge in [0.1, 0.15) is 0 Å². The van der Waals surface area contributed by atoms with E-state index in [1.165, 1.54) is 25.0 Å². The zero-order valence-corrected chi connectivity index (χ0v) is 9.35. The Labute approximate surface area is 98.0 Å². The molecule has 2 unspecified atom stereocenters. The van der Waals surface area contributed by atoms with Crippen molar-refractivity contribution in [2.24, 2.45) is 0 Å². The Hall–Kier alpha value is -1.03. The van der Waals surface area contributed by atoms with Gasteiger partial charge in [-0.1, -0.05) is 12.1 Å². The molecule has 0 amide bonds. The van der Waals surface area contributed by atoms with Crippen LogP contribution in [-0.2, 0) is 11.7 Å². The first-order chi connectivity index (χ1) is 8.00. The maximum atomic E-state index is 12.5. The normalized spacial score (nSPS) is 32.1. The van der Waals surface area contributed by atoms with E-state index >= 15 is 0 Å². The summed E-state index contributed by atoms with van der Waals surface area (Å²) in [5.74, 6) is 0. The molecule has 1 nitrogen and oxygen atoms in total. The van der Waals surface area contributed by atoms with Crippen LogP contribution >= 0.6 is 0 Å². The smallest absolute Gasteiger partial charge is 0.304 e. The van der Waals surface area contributed by atoms with Gasteiger partial charge >= 0.3 is 6.18 Å². The fraction of sp³-hybridized carbons (Fsp3) is 0.538. The van der Waals surface area contributed by atoms with Gasteiger partial charge in [-0.2, -0.15) is 13.2 Å². The highest BCUT2D eigenvalue weighted by atomic mass is 19.4. The Morgan fingerprint density at radius 1 is 1.18 bits per heavy atom. The highest BCUT2D eigenvalue weighted by molar-refractivity contribution is 5.33. The molecule has 1 N–H and O–H groups in total. The number of alkyl halides is 3. The number of nitrogens with one attached hydrogen (secondary N) is 1. The Kier molecular flexibility index (Phi) is 2.27. The first kappa shape index (κ1) is 11.1. The monoisotopic (exact) mass is 241 g/mol. The fourth-order valence-corrected chi connectivity index (χ4v) is 3.11. The fourth-order valence-electron chi connectivity index (χ4n) is 3.11. The number of benzene rings is 1. The van der Waals surface area contributed by atoms with E-state index in [4.69, 9.17) is 0 Å². The lowest BCUT2D eigenvalue weighted by atomic mass is 9.67. The molecule has 1 aliphatic carbocycles. The first-order valence-corrected chi connectivity index (χ1v) is 5.95. The second-order valence-corrected chi connectivity index (χ2v) is 5.09. The summed E-state index contributed by atoms with van der Waals surface area (Å²) in [4.78, 5) is 0. The quantitative estimate of drug-likeness (QED) is 0.794. The lowest BCUT2D eigenvalue weighted by Gasteiger charge is -2.54. The van der Waals surface area contributed by atoms with E-state index in [1.807, 2.05) is 0 Å². The molecule has 0 radical (unpaired) electrons. The molecule has 2 saturated heterocycles. The van der Waals surface area contributed by atoms with Gasteiger partial charge in [0, 0.05) is 11.6 Å². The minimum absolute atomic E-state index is 0.0347. The number of hydrogen-bond donors (Lipinski definition) is 1. The highest BCUT2D eigenvalue weighted by Crippen LogP contribution is 2.45. The molecule has 3 fully saturated rings. The van der Waals surface area contributed by atoms with Crippen LogP contribution in [0.5, 0.6) is 0 Å². The summed E-state index contributed by atoms with van der Waals surface area (Å²) in [6, 6.07) is 6.20. The van der Waals surface area contributed by atoms with E-state index in [0.29, 0.717) is 6.04 Å². The molecule has 92 valence electrons. The van der Waals surface area contributed by atoms with Crippen LogP contribution in [-0.4, -0.2) is 6.04 Å². The summed E-state index contributed by atoms with van der Waals surface area (Å²) in [6.07, 6.45) is 0.229. The van der Waals surface area contributed by atoms with Crippen molar-refractivity contribution in [3.05, 3.63) is 35.4 Å². The van der Waals surface area contributed by atoms with E-state index in [0.717, 1.165) is 18.4 Å². The minimum Gasteiger partial charge on any atom is -0.304 e. The second kappa shape index (κ2) is 3.48. The third-order valence-electron chi connectivity index (χ3n) is 4.00. The van der Waals surface area contributed by atoms with Gasteiger partial charge in [-0.25, -0.2) is 0 Å². The van der Waals surface area contributed by atoms with Crippen molar-refractivity contribution < 1.29 is 13.2 Å². The van der Waals surface area contributed by atoms with Gasteiger partial charge in [-0.05, 0) is 43.4 Å². The van der Waals surface area contributed by atoms with Gasteiger partial charge in [0.25, 0.3) is 0 Å². The maximum absolute atomic E-state index is 12.5. The van der Waals surface area contributed by atoms with Gasteiger partial charge in [0.15, 0.2) is 0 Å². The van der Waals surface area contributed by atoms with Crippen molar-refractivity contribution in [1.82, 2.24) is 5.32 Å². The SMILES string of the molecule is FC(F)(F)c1ccc(C23CCCC(C2)N3)cc1. The Morgan fingerprint density at radius 2 is 1.82 bits per heavy atom. The molecule has 2 aliphatic heterocycles. The summed E-state index contributed by atoms with van der Waals surface area (Å²) in [5.41, 5.74) is 0.401. The lowest BCUT2D eigenvalue weighted by molar-refractivity contribution is -0.137. The summed E-state index contributed by atoms with van der Waals surface area (Å²) in [6.45, 7) is 0. The predicted octanol–water partition coefficient (Wildman–Crippen LogP) is 3.45. The summed E-state index contributed by atoms with van der Waals surface area (Å²) >= 11 is 0. The van der Waals surface area contributed by atoms with Crippen LogP contribution in [0.3, 0.4) is 0 Å². The molecule has 2 bridgehead atoms. The van der Waals surface area contributed by atoms with Crippen molar-refractivity contribution >= 4 is 0 Å². The lowest BCUT2D eigenvalue weighted by Crippen LogP contribution is -2.63. The molecule has 0 spiro atoms. The Bertz CT molecular complexity index is 410. The topological polar surface area (TPSA) is 12.0 Å². The van der Waals surface area contributed by atoms with Crippen molar-refractivity contribution in [1.29, 1.82) is 0 Å². The van der Waals surface area contributed by atoms with Crippen molar-refractivity contribution in [2.75, 3.05) is 0 Å². The van der Waals surface area contributed by atoms with E-state index in [9.17, 15) is 13.2 Å². The Morgan fingerprint density at radius 3 is 2.29 bits per heavy atom. The molecule has 0 aromatic heterocycles. The first-order valence-electron chi connectivity index (χ1n) is 5.95. The largest absolute Gasteiger partial charge is 0.416 e. The average molecular weight is 241 g/mol. The summed E-state index contributed by atoms with van der Waals surface area (Å²) in [5, 5.41) is 3.49. The van der Waals surface area contributed by atoms with Crippen LogP contribution in [0.2, 0.25) is 0 Å². The molecular weight excluding hydrogens is 227 g/mol. The predicted molar refractivity (Wildman–Crippen MR) is 58.5 cm³/mol. The summed E-state index contributed by atoms with van der Waals surface area (Å²) in [7, 11) is 0. The standard InChI is InChI=1S/C13H14F3N/c14-13(15,16)10-5-3-9(4-6-10)12-7-1-2-11(8-12)17-12/h3-6,11,17H,1-2,7-8H2. The number of piperidine rings is 1. The number of rotatable bonds is 1. The molecule has 4 rings (SSSR count). The van der Waals surface area contributed by atoms with Crippen molar-refractivity contribution in [3.8, 4) is 0 Å². The van der Waals surface area contributed by atoms with E-state index in [1.54, 1.807) is 12.1 Å². The third-order valence-corrected chi connectivity index (χ3v) is 4.00. The van der Waals surface area contributed by atoms with Crippen LogP contribution in [0.4, 0.5) is 13.2 Å². The molecular formula is C13H14F3N. The average Bonchev–Trinajstić information content (AvgIpc) is 2.28. The van der Waals surface area contributed by atoms with Gasteiger partial charge in [-0.3, -0.25) is 0 Å². The molecule has 2 atom stereocenters. The zero-order chi connectivity index (χ0) is 12.1. The van der Waals surface area contributed by atoms with Crippen LogP contribution in [0, 0.1) is 0 Å². The van der Waals surface area contributed by atoms with Crippen LogP contribution in [0.25, 0.3) is 0 Å². The number of hydrogen-bond acceptors (Lipinski definition) is 1. The van der Waals surface area contributed by atoms with E-state index in [2.05, 4.69) is 5.32 Å². The second-order valence-electron chi connectivity index (χ2n) is 5.09.